The quantitative estimate of drug-likeness (QED) is 0.532. The van der Waals surface area contributed by atoms with Crippen molar-refractivity contribution in [1.29, 1.82) is 0 Å². The Bertz CT molecular complexity index is 1170. The van der Waals surface area contributed by atoms with E-state index in [9.17, 15) is 18.0 Å². The first kappa shape index (κ1) is 21.9. The monoisotopic (exact) mass is 466 g/mol. The van der Waals surface area contributed by atoms with Gasteiger partial charge in [0.05, 0.1) is 12.0 Å². The molecule has 0 fully saturated rings. The molecule has 0 radical (unpaired) electrons. The van der Waals surface area contributed by atoms with Crippen LogP contribution in [0.1, 0.15) is 12.5 Å². The van der Waals surface area contributed by atoms with Gasteiger partial charge in [-0.05, 0) is 59.8 Å². The molecule has 0 aliphatic carbocycles. The molecule has 0 saturated heterocycles. The van der Waals surface area contributed by atoms with Crippen LogP contribution in [0.5, 0.6) is 11.5 Å². The number of nitrogens with zero attached hydrogens (tertiary/aromatic N) is 1. The second-order valence-corrected chi connectivity index (χ2v) is 8.93. The molecule has 1 heterocycles. The summed E-state index contributed by atoms with van der Waals surface area (Å²) in [5.74, 6) is -0.691. The van der Waals surface area contributed by atoms with Crippen LogP contribution >= 0.6 is 23.4 Å². The lowest BCUT2D eigenvalue weighted by Crippen LogP contribution is -2.23. The first-order chi connectivity index (χ1) is 14.2. The fraction of sp³-hybridized carbons (Fsp3) is 0.105. The van der Waals surface area contributed by atoms with Gasteiger partial charge in [0.2, 0.25) is 5.91 Å². The number of hydrogen-bond donors (Lipinski definition) is 1. The second kappa shape index (κ2) is 8.90. The number of thioether (sulfide) groups is 1. The summed E-state index contributed by atoms with van der Waals surface area (Å²) in [6.45, 7) is 1.32. The molecule has 0 spiro atoms. The van der Waals surface area contributed by atoms with E-state index in [-0.39, 0.29) is 27.5 Å². The number of rotatable bonds is 5. The third kappa shape index (κ3) is 5.21. The Kier molecular flexibility index (Phi) is 6.49. The summed E-state index contributed by atoms with van der Waals surface area (Å²) in [6, 6.07) is 10.0. The average molecular weight is 467 g/mol. The molecule has 2 amide bonds. The topological polar surface area (TPSA) is 111 Å². The third-order valence-electron chi connectivity index (χ3n) is 3.69. The maximum atomic E-state index is 12.5. The summed E-state index contributed by atoms with van der Waals surface area (Å²) < 4.78 is 35.4. The molecule has 8 nitrogen and oxygen atoms in total. The van der Waals surface area contributed by atoms with Gasteiger partial charge in [-0.3, -0.25) is 9.59 Å². The first-order valence-electron chi connectivity index (χ1n) is 8.36. The number of methoxy groups -OCH3 is 1. The van der Waals surface area contributed by atoms with Crippen molar-refractivity contribution < 1.29 is 26.9 Å². The van der Waals surface area contributed by atoms with E-state index in [1.165, 1.54) is 50.4 Å². The highest BCUT2D eigenvalue weighted by Crippen LogP contribution is 2.33. The van der Waals surface area contributed by atoms with Crippen LogP contribution in [0.3, 0.4) is 0 Å². The number of nitrogens with one attached hydrogen (secondary N) is 1. The number of ether oxygens (including phenoxy) is 1. The minimum absolute atomic E-state index is 0.0183. The van der Waals surface area contributed by atoms with Crippen molar-refractivity contribution in [2.24, 2.45) is 4.99 Å². The summed E-state index contributed by atoms with van der Waals surface area (Å²) in [5.41, 5.74) is 0.554. The Morgan fingerprint density at radius 1 is 1.17 bits per heavy atom. The van der Waals surface area contributed by atoms with E-state index < -0.39 is 16.0 Å². The third-order valence-corrected chi connectivity index (χ3v) is 6.09. The van der Waals surface area contributed by atoms with Crippen LogP contribution in [0.25, 0.3) is 6.08 Å². The van der Waals surface area contributed by atoms with E-state index in [1.54, 1.807) is 12.1 Å². The smallest absolute Gasteiger partial charge is 0.339 e. The van der Waals surface area contributed by atoms with Crippen molar-refractivity contribution in [3.63, 3.8) is 0 Å². The predicted molar refractivity (Wildman–Crippen MR) is 114 cm³/mol. The zero-order valence-corrected chi connectivity index (χ0v) is 18.1. The summed E-state index contributed by atoms with van der Waals surface area (Å²) in [4.78, 5) is 27.1. The van der Waals surface area contributed by atoms with Crippen LogP contribution in [0, 0.1) is 0 Å². The number of benzene rings is 2. The van der Waals surface area contributed by atoms with Crippen LogP contribution in [-0.2, 0) is 19.7 Å². The Balaban J connectivity index is 1.83. The highest BCUT2D eigenvalue weighted by molar-refractivity contribution is 8.18. The van der Waals surface area contributed by atoms with Gasteiger partial charge in [-0.1, -0.05) is 17.7 Å². The van der Waals surface area contributed by atoms with Crippen LogP contribution in [0.2, 0.25) is 5.02 Å². The van der Waals surface area contributed by atoms with Crippen LogP contribution in [0.4, 0.5) is 0 Å². The fourth-order valence-corrected chi connectivity index (χ4v) is 4.30. The van der Waals surface area contributed by atoms with Crippen molar-refractivity contribution in [1.82, 2.24) is 5.32 Å². The molecular weight excluding hydrogens is 452 g/mol. The van der Waals surface area contributed by atoms with Gasteiger partial charge in [0.1, 0.15) is 4.90 Å². The predicted octanol–water partition coefficient (Wildman–Crippen LogP) is 3.22. The van der Waals surface area contributed by atoms with Crippen LogP contribution in [0.15, 0.2) is 57.3 Å². The molecule has 0 aromatic heterocycles. The minimum Gasteiger partial charge on any atom is -0.493 e. The Hall–Kier alpha value is -2.82. The van der Waals surface area contributed by atoms with Gasteiger partial charge >= 0.3 is 10.1 Å². The van der Waals surface area contributed by atoms with E-state index in [0.717, 1.165) is 11.8 Å². The molecule has 30 heavy (non-hydrogen) atoms. The lowest BCUT2D eigenvalue weighted by atomic mass is 10.2. The molecule has 3 rings (SSSR count). The molecular formula is C19H15ClN2O6S2. The van der Waals surface area contributed by atoms with E-state index in [4.69, 9.17) is 20.5 Å². The SMILES string of the molecule is COc1cc(/C=C2/SC(NC(C)=O)=NC2=O)ccc1OS(=O)(=O)c1ccc(Cl)cc1. The first-order valence-corrected chi connectivity index (χ1v) is 11.0. The molecule has 1 aliphatic heterocycles. The van der Waals surface area contributed by atoms with Crippen molar-refractivity contribution in [2.75, 3.05) is 7.11 Å². The maximum Gasteiger partial charge on any atom is 0.339 e. The Morgan fingerprint density at radius 2 is 1.87 bits per heavy atom. The highest BCUT2D eigenvalue weighted by Gasteiger charge is 2.23. The van der Waals surface area contributed by atoms with E-state index in [1.807, 2.05) is 0 Å². The maximum absolute atomic E-state index is 12.5. The summed E-state index contributed by atoms with van der Waals surface area (Å²) >= 11 is 6.80. The number of carbonyl (C=O) groups excluding carboxylic acids is 2. The average Bonchev–Trinajstić information content (AvgIpc) is 3.01. The van der Waals surface area contributed by atoms with Gasteiger partial charge in [-0.25, -0.2) is 0 Å². The minimum atomic E-state index is -4.10. The van der Waals surface area contributed by atoms with Gasteiger partial charge in [0.25, 0.3) is 5.91 Å². The zero-order chi connectivity index (χ0) is 21.9. The van der Waals surface area contributed by atoms with Crippen LogP contribution in [-0.4, -0.2) is 32.5 Å². The molecule has 2 aromatic rings. The van der Waals surface area contributed by atoms with E-state index in [0.29, 0.717) is 15.5 Å². The number of amides is 2. The Labute approximate surface area is 182 Å². The Morgan fingerprint density at radius 3 is 2.50 bits per heavy atom. The highest BCUT2D eigenvalue weighted by atomic mass is 35.5. The van der Waals surface area contributed by atoms with E-state index in [2.05, 4.69) is 10.3 Å². The molecule has 1 aliphatic rings. The number of halogens is 1. The normalized spacial score (nSPS) is 15.1. The number of hydrogen-bond acceptors (Lipinski definition) is 7. The molecule has 11 heteroatoms. The number of aliphatic imine (C=N–C) groups is 1. The standard InChI is InChI=1S/C19H15ClN2O6S2/c1-11(23)21-19-22-18(24)17(29-19)10-12-3-8-15(16(9-12)27-2)28-30(25,26)14-6-4-13(20)5-7-14/h3-10H,1-2H3,(H,21,22,23,24)/b17-10+. The molecule has 2 aromatic carbocycles. The molecule has 0 atom stereocenters. The molecule has 156 valence electrons. The lowest BCUT2D eigenvalue weighted by Gasteiger charge is -2.11. The fourth-order valence-electron chi connectivity index (χ4n) is 2.37. The van der Waals surface area contributed by atoms with Gasteiger partial charge in [0, 0.05) is 11.9 Å². The molecule has 1 N–H and O–H groups in total. The van der Waals surface area contributed by atoms with Crippen molar-refractivity contribution >= 4 is 56.5 Å². The molecule has 0 unspecified atom stereocenters. The van der Waals surface area contributed by atoms with E-state index >= 15 is 0 Å². The largest absolute Gasteiger partial charge is 0.493 e. The molecule has 0 saturated carbocycles. The molecule has 0 bridgehead atoms. The van der Waals surface area contributed by atoms with Crippen molar-refractivity contribution in [3.8, 4) is 11.5 Å². The summed E-state index contributed by atoms with van der Waals surface area (Å²) in [7, 11) is -2.73. The van der Waals surface area contributed by atoms with Crippen molar-refractivity contribution in [2.45, 2.75) is 11.8 Å². The zero-order valence-electron chi connectivity index (χ0n) is 15.7. The summed E-state index contributed by atoms with van der Waals surface area (Å²) in [5, 5.41) is 3.05. The second-order valence-electron chi connectivity index (χ2n) is 5.92. The lowest BCUT2D eigenvalue weighted by molar-refractivity contribution is -0.117. The van der Waals surface area contributed by atoms with Crippen molar-refractivity contribution in [3.05, 3.63) is 58.0 Å². The number of carbonyl (C=O) groups is 2. The summed E-state index contributed by atoms with van der Waals surface area (Å²) in [6.07, 6.45) is 1.55. The van der Waals surface area contributed by atoms with Gasteiger partial charge < -0.3 is 14.2 Å². The van der Waals surface area contributed by atoms with Gasteiger partial charge in [0.15, 0.2) is 16.7 Å². The van der Waals surface area contributed by atoms with Gasteiger partial charge in [-0.2, -0.15) is 13.4 Å². The van der Waals surface area contributed by atoms with Gasteiger partial charge in [-0.15, -0.1) is 0 Å². The van der Waals surface area contributed by atoms with Crippen LogP contribution < -0.4 is 14.2 Å². The number of amidine groups is 1.